The van der Waals surface area contributed by atoms with E-state index in [1.54, 1.807) is 19.2 Å². The summed E-state index contributed by atoms with van der Waals surface area (Å²) >= 11 is 0. The molecule has 0 aliphatic heterocycles. The Morgan fingerprint density at radius 1 is 1.10 bits per heavy atom. The molecule has 5 aromatic rings. The maximum absolute atomic E-state index is 12.8. The van der Waals surface area contributed by atoms with Crippen LogP contribution in [0.4, 0.5) is 5.69 Å². The van der Waals surface area contributed by atoms with E-state index in [-0.39, 0.29) is 11.7 Å². The predicted octanol–water partition coefficient (Wildman–Crippen LogP) is 5.32. The lowest BCUT2D eigenvalue weighted by Gasteiger charge is -2.05. The molecule has 6 nitrogen and oxygen atoms in total. The Kier molecular flexibility index (Phi) is 4.25. The fourth-order valence-corrected chi connectivity index (χ4v) is 3.55. The Morgan fingerprint density at radius 2 is 1.97 bits per heavy atom. The van der Waals surface area contributed by atoms with Crippen LogP contribution < -0.4 is 10.1 Å². The van der Waals surface area contributed by atoms with Gasteiger partial charge in [-0.15, -0.1) is 0 Å². The number of nitrogens with one attached hydrogen (secondary N) is 1. The zero-order valence-electron chi connectivity index (χ0n) is 16.5. The van der Waals surface area contributed by atoms with Crippen molar-refractivity contribution in [2.24, 2.45) is 0 Å². The third-order valence-corrected chi connectivity index (χ3v) is 5.05. The molecule has 0 radical (unpaired) electrons. The number of methoxy groups -OCH3 is 1. The second-order valence-corrected chi connectivity index (χ2v) is 7.07. The molecule has 6 heteroatoms. The molecule has 0 atom stereocenters. The van der Waals surface area contributed by atoms with Crippen molar-refractivity contribution in [3.63, 3.8) is 0 Å². The van der Waals surface area contributed by atoms with Gasteiger partial charge in [0, 0.05) is 29.0 Å². The van der Waals surface area contributed by atoms with Crippen LogP contribution in [0.2, 0.25) is 0 Å². The Morgan fingerprint density at radius 3 is 2.80 bits per heavy atom. The number of benzene rings is 2. The molecule has 1 N–H and O–H groups in total. The van der Waals surface area contributed by atoms with Gasteiger partial charge in [0.05, 0.1) is 12.8 Å². The maximum atomic E-state index is 12.8. The second kappa shape index (κ2) is 7.08. The molecule has 0 bridgehead atoms. The number of furan rings is 1. The molecule has 0 aliphatic carbocycles. The fraction of sp³-hybridized carbons (Fsp3) is 0.0833. The summed E-state index contributed by atoms with van der Waals surface area (Å²) in [5.41, 5.74) is 5.00. The first kappa shape index (κ1) is 18.0. The van der Waals surface area contributed by atoms with E-state index >= 15 is 0 Å². The van der Waals surface area contributed by atoms with Gasteiger partial charge in [0.25, 0.3) is 5.91 Å². The van der Waals surface area contributed by atoms with Gasteiger partial charge >= 0.3 is 0 Å². The molecule has 0 saturated heterocycles. The smallest absolute Gasteiger partial charge is 0.291 e. The fourth-order valence-electron chi connectivity index (χ4n) is 3.55. The van der Waals surface area contributed by atoms with E-state index in [4.69, 9.17) is 14.1 Å². The van der Waals surface area contributed by atoms with Crippen molar-refractivity contribution >= 4 is 28.2 Å². The highest BCUT2D eigenvalue weighted by atomic mass is 16.5. The summed E-state index contributed by atoms with van der Waals surface area (Å²) in [5, 5.41) is 3.72. The van der Waals surface area contributed by atoms with E-state index in [1.165, 1.54) is 0 Å². The molecular weight excluding hydrogens is 378 g/mol. The summed E-state index contributed by atoms with van der Waals surface area (Å²) in [4.78, 5) is 17.5. The number of carbonyl (C=O) groups is 1. The molecule has 148 valence electrons. The van der Waals surface area contributed by atoms with Gasteiger partial charge in [-0.2, -0.15) is 0 Å². The first-order valence-electron chi connectivity index (χ1n) is 9.55. The highest BCUT2D eigenvalue weighted by molar-refractivity contribution is 6.05. The summed E-state index contributed by atoms with van der Waals surface area (Å²) in [5.74, 6) is 0.496. The molecule has 0 fully saturated rings. The zero-order valence-corrected chi connectivity index (χ0v) is 16.5. The van der Waals surface area contributed by atoms with E-state index in [9.17, 15) is 4.79 Å². The van der Waals surface area contributed by atoms with Crippen LogP contribution in [0.3, 0.4) is 0 Å². The van der Waals surface area contributed by atoms with Crippen LogP contribution in [0, 0.1) is 6.92 Å². The Balaban J connectivity index is 1.44. The SMILES string of the molecule is COc1cccc2cc(C(=O)Nc3cccc(-c4cn5cccc(C)c5n4)c3)oc12. The third kappa shape index (κ3) is 3.08. The molecule has 1 amide bonds. The molecule has 2 aromatic carbocycles. The van der Waals surface area contributed by atoms with Crippen molar-refractivity contribution in [1.82, 2.24) is 9.38 Å². The number of para-hydroxylation sites is 1. The van der Waals surface area contributed by atoms with Crippen LogP contribution in [0.25, 0.3) is 27.9 Å². The predicted molar refractivity (Wildman–Crippen MR) is 116 cm³/mol. The number of rotatable bonds is 4. The Hall–Kier alpha value is -4.06. The lowest BCUT2D eigenvalue weighted by Crippen LogP contribution is -2.10. The van der Waals surface area contributed by atoms with Crippen LogP contribution in [-0.2, 0) is 0 Å². The van der Waals surface area contributed by atoms with Gasteiger partial charge in [0.1, 0.15) is 5.65 Å². The van der Waals surface area contributed by atoms with Crippen molar-refractivity contribution in [2.45, 2.75) is 6.92 Å². The maximum Gasteiger partial charge on any atom is 0.291 e. The summed E-state index contributed by atoms with van der Waals surface area (Å²) in [6.07, 6.45) is 3.95. The number of aryl methyl sites for hydroxylation is 1. The molecule has 0 saturated carbocycles. The quantitative estimate of drug-likeness (QED) is 0.446. The number of carbonyl (C=O) groups excluding carboxylic acids is 1. The lowest BCUT2D eigenvalue weighted by atomic mass is 10.1. The van der Waals surface area contributed by atoms with Crippen LogP contribution in [0.1, 0.15) is 16.1 Å². The number of amides is 1. The van der Waals surface area contributed by atoms with Crippen molar-refractivity contribution < 1.29 is 13.9 Å². The van der Waals surface area contributed by atoms with E-state index in [2.05, 4.69) is 5.32 Å². The van der Waals surface area contributed by atoms with Crippen molar-refractivity contribution in [1.29, 1.82) is 0 Å². The number of fused-ring (bicyclic) bond motifs is 2. The minimum absolute atomic E-state index is 0.225. The molecule has 3 heterocycles. The van der Waals surface area contributed by atoms with Gasteiger partial charge in [0.2, 0.25) is 0 Å². The summed E-state index contributed by atoms with van der Waals surface area (Å²) in [6.45, 7) is 2.03. The number of hydrogen-bond acceptors (Lipinski definition) is 4. The Bertz CT molecular complexity index is 1400. The zero-order chi connectivity index (χ0) is 20.7. The van der Waals surface area contributed by atoms with Gasteiger partial charge in [-0.1, -0.05) is 30.3 Å². The molecular formula is C24H19N3O3. The highest BCUT2D eigenvalue weighted by Crippen LogP contribution is 2.29. The molecule has 0 aliphatic rings. The molecule has 0 unspecified atom stereocenters. The molecule has 3 aromatic heterocycles. The second-order valence-electron chi connectivity index (χ2n) is 7.07. The average molecular weight is 397 g/mol. The summed E-state index contributed by atoms with van der Waals surface area (Å²) in [6, 6.07) is 18.9. The van der Waals surface area contributed by atoms with Gasteiger partial charge < -0.3 is 18.9 Å². The Labute approximate surface area is 172 Å². The van der Waals surface area contributed by atoms with Crippen LogP contribution in [0.15, 0.2) is 77.5 Å². The van der Waals surface area contributed by atoms with E-state index in [0.29, 0.717) is 17.0 Å². The first-order chi connectivity index (χ1) is 14.6. The van der Waals surface area contributed by atoms with E-state index in [1.807, 2.05) is 72.2 Å². The largest absolute Gasteiger partial charge is 0.493 e. The standard InChI is InChI=1S/C24H19N3O3/c1-15-6-5-11-27-14-19(26-23(15)27)16-7-3-9-18(12-16)25-24(28)21-13-17-8-4-10-20(29-2)22(17)30-21/h3-14H,1-2H3,(H,25,28). The number of anilines is 1. The normalized spacial score (nSPS) is 11.1. The summed E-state index contributed by atoms with van der Waals surface area (Å²) < 4.78 is 13.0. The number of ether oxygens (including phenoxy) is 1. The van der Waals surface area contributed by atoms with Crippen molar-refractivity contribution in [3.8, 4) is 17.0 Å². The van der Waals surface area contributed by atoms with Crippen LogP contribution in [-0.4, -0.2) is 22.4 Å². The van der Waals surface area contributed by atoms with Gasteiger partial charge in [-0.3, -0.25) is 4.79 Å². The van der Waals surface area contributed by atoms with Gasteiger partial charge in [0.15, 0.2) is 17.1 Å². The van der Waals surface area contributed by atoms with Crippen LogP contribution in [0.5, 0.6) is 5.75 Å². The molecule has 30 heavy (non-hydrogen) atoms. The number of imidazole rings is 1. The summed E-state index contributed by atoms with van der Waals surface area (Å²) in [7, 11) is 1.57. The van der Waals surface area contributed by atoms with Crippen LogP contribution >= 0.6 is 0 Å². The topological polar surface area (TPSA) is 68.8 Å². The van der Waals surface area contributed by atoms with E-state index < -0.39 is 0 Å². The number of pyridine rings is 1. The first-order valence-corrected chi connectivity index (χ1v) is 9.55. The van der Waals surface area contributed by atoms with Crippen molar-refractivity contribution in [2.75, 3.05) is 12.4 Å². The average Bonchev–Trinajstić information content (AvgIpc) is 3.39. The lowest BCUT2D eigenvalue weighted by molar-refractivity contribution is 0.0998. The van der Waals surface area contributed by atoms with Gasteiger partial charge in [-0.05, 0) is 42.8 Å². The third-order valence-electron chi connectivity index (χ3n) is 5.05. The molecule has 0 spiro atoms. The minimum Gasteiger partial charge on any atom is -0.493 e. The minimum atomic E-state index is -0.323. The highest BCUT2D eigenvalue weighted by Gasteiger charge is 2.15. The molecule has 5 rings (SSSR count). The van der Waals surface area contributed by atoms with Gasteiger partial charge in [-0.25, -0.2) is 4.98 Å². The number of hydrogen-bond donors (Lipinski definition) is 1. The number of nitrogens with zero attached hydrogens (tertiary/aromatic N) is 2. The number of aromatic nitrogens is 2. The van der Waals surface area contributed by atoms with E-state index in [0.717, 1.165) is 27.9 Å². The monoisotopic (exact) mass is 397 g/mol. The van der Waals surface area contributed by atoms with Crippen molar-refractivity contribution in [3.05, 3.63) is 84.4 Å².